The molecule has 0 atom stereocenters. The molecule has 0 fully saturated rings. The largest absolute Gasteiger partial charge is 0.573 e. The van der Waals surface area contributed by atoms with Gasteiger partial charge in [-0.2, -0.15) is 0 Å². The van der Waals surface area contributed by atoms with Gasteiger partial charge in [-0.3, -0.25) is 4.79 Å². The third kappa shape index (κ3) is 5.23. The van der Waals surface area contributed by atoms with Crippen molar-refractivity contribution in [3.63, 3.8) is 0 Å². The van der Waals surface area contributed by atoms with E-state index in [1.54, 1.807) is 0 Å². The number of ketones is 1. The molecule has 0 saturated heterocycles. The summed E-state index contributed by atoms with van der Waals surface area (Å²) in [6, 6.07) is 2.60. The minimum Gasteiger partial charge on any atom is -0.405 e. The van der Waals surface area contributed by atoms with Crippen molar-refractivity contribution in [1.82, 2.24) is 4.90 Å². The molecule has 0 bridgehead atoms. The van der Waals surface area contributed by atoms with Crippen LogP contribution >= 0.6 is 12.2 Å². The summed E-state index contributed by atoms with van der Waals surface area (Å²) in [5.74, 6) is -1.70. The third-order valence-corrected chi connectivity index (χ3v) is 3.86. The van der Waals surface area contributed by atoms with Crippen LogP contribution in [0.5, 0.6) is 5.75 Å². The van der Waals surface area contributed by atoms with Crippen molar-refractivity contribution in [2.45, 2.75) is 19.2 Å². The minimum absolute atomic E-state index is 0.0586. The molecule has 0 saturated carbocycles. The van der Waals surface area contributed by atoms with Gasteiger partial charge in [-0.25, -0.2) is 4.39 Å². The predicted octanol–water partition coefficient (Wildman–Crippen LogP) is 3.70. The minimum atomic E-state index is -4.96. The Morgan fingerprint density at radius 3 is 2.64 bits per heavy atom. The van der Waals surface area contributed by atoms with E-state index < -0.39 is 17.9 Å². The highest BCUT2D eigenvalue weighted by atomic mass is 32.1. The topological polar surface area (TPSA) is 38.8 Å². The molecule has 0 spiro atoms. The number of rotatable bonds is 5. The van der Waals surface area contributed by atoms with Crippen molar-refractivity contribution in [1.29, 1.82) is 0 Å². The number of ether oxygens (including phenoxy) is 2. The molecule has 0 unspecified atom stereocenters. The summed E-state index contributed by atoms with van der Waals surface area (Å²) in [5, 5.41) is 0. The molecular weight excluding hydrogens is 362 g/mol. The number of methoxy groups -OCH3 is 1. The number of carbonyl (C=O) groups excluding carboxylic acids is 1. The van der Waals surface area contributed by atoms with Crippen LogP contribution in [0.4, 0.5) is 17.6 Å². The summed E-state index contributed by atoms with van der Waals surface area (Å²) >= 11 is 5.26. The SMILES string of the molecule is COCCN1C(=S)CCC(=O)C=C1c1cc(F)ccc1OC(F)(F)F. The Bertz CT molecular complexity index is 703. The zero-order valence-electron chi connectivity index (χ0n) is 13.2. The molecule has 4 nitrogen and oxygen atoms in total. The lowest BCUT2D eigenvalue weighted by atomic mass is 10.1. The van der Waals surface area contributed by atoms with Crippen LogP contribution in [-0.2, 0) is 9.53 Å². The maximum atomic E-state index is 13.7. The van der Waals surface area contributed by atoms with Crippen molar-refractivity contribution in [2.24, 2.45) is 0 Å². The zero-order valence-corrected chi connectivity index (χ0v) is 14.0. The van der Waals surface area contributed by atoms with Gasteiger partial charge in [0, 0.05) is 38.1 Å². The number of nitrogens with zero attached hydrogens (tertiary/aromatic N) is 1. The van der Waals surface area contributed by atoms with E-state index in [2.05, 4.69) is 4.74 Å². The molecule has 1 aromatic rings. The number of hydrogen-bond acceptors (Lipinski definition) is 4. The molecule has 0 aromatic heterocycles. The molecule has 1 heterocycles. The molecule has 1 aliphatic heterocycles. The molecule has 0 amide bonds. The Morgan fingerprint density at radius 1 is 1.28 bits per heavy atom. The van der Waals surface area contributed by atoms with Crippen LogP contribution in [0.15, 0.2) is 24.3 Å². The molecule has 0 aliphatic carbocycles. The summed E-state index contributed by atoms with van der Waals surface area (Å²) in [6.45, 7) is 0.423. The lowest BCUT2D eigenvalue weighted by Crippen LogP contribution is -2.31. The second-order valence-electron chi connectivity index (χ2n) is 5.22. The first kappa shape index (κ1) is 19.3. The van der Waals surface area contributed by atoms with Gasteiger partial charge < -0.3 is 14.4 Å². The number of thiocarbonyl (C=S) groups is 1. The van der Waals surface area contributed by atoms with Gasteiger partial charge in [-0.1, -0.05) is 12.2 Å². The van der Waals surface area contributed by atoms with Crippen molar-refractivity contribution in [3.05, 3.63) is 35.7 Å². The first-order chi connectivity index (χ1) is 11.7. The van der Waals surface area contributed by atoms with Gasteiger partial charge in [0.05, 0.1) is 17.3 Å². The third-order valence-electron chi connectivity index (χ3n) is 3.44. The van der Waals surface area contributed by atoms with E-state index >= 15 is 0 Å². The number of hydrogen-bond donors (Lipinski definition) is 0. The van der Waals surface area contributed by atoms with Crippen LogP contribution < -0.4 is 4.74 Å². The Labute approximate surface area is 147 Å². The fourth-order valence-electron chi connectivity index (χ4n) is 2.37. The molecule has 0 N–H and O–H groups in total. The maximum absolute atomic E-state index is 13.7. The molecule has 9 heteroatoms. The first-order valence-electron chi connectivity index (χ1n) is 7.31. The Kier molecular flexibility index (Phi) is 6.12. The van der Waals surface area contributed by atoms with Crippen molar-refractivity contribution in [3.8, 4) is 5.75 Å². The van der Waals surface area contributed by atoms with Crippen molar-refractivity contribution in [2.75, 3.05) is 20.3 Å². The standard InChI is InChI=1S/C16H15F4NO3S/c1-23-7-6-21-13(9-11(22)3-5-15(21)25)12-8-10(17)2-4-14(12)24-16(18,19)20/h2,4,8-9H,3,5-7H2,1H3. The van der Waals surface area contributed by atoms with Gasteiger partial charge >= 0.3 is 6.36 Å². The summed E-state index contributed by atoms with van der Waals surface area (Å²) in [6.07, 6.45) is -3.41. The molecule has 2 rings (SSSR count). The number of allylic oxidation sites excluding steroid dienone is 1. The Balaban J connectivity index is 2.55. The van der Waals surface area contributed by atoms with Crippen molar-refractivity contribution >= 4 is 28.7 Å². The van der Waals surface area contributed by atoms with Gasteiger partial charge in [0.15, 0.2) is 5.78 Å². The fourth-order valence-corrected chi connectivity index (χ4v) is 2.66. The first-order valence-corrected chi connectivity index (χ1v) is 7.71. The van der Waals surface area contributed by atoms with E-state index in [0.717, 1.165) is 24.3 Å². The van der Waals surface area contributed by atoms with E-state index in [1.807, 2.05) is 0 Å². The lowest BCUT2D eigenvalue weighted by Gasteiger charge is -2.27. The van der Waals surface area contributed by atoms with Gasteiger partial charge in [0.1, 0.15) is 11.6 Å². The van der Waals surface area contributed by atoms with Gasteiger partial charge in [0.2, 0.25) is 0 Å². The predicted molar refractivity (Wildman–Crippen MR) is 86.5 cm³/mol. The fraction of sp³-hybridized carbons (Fsp3) is 0.375. The lowest BCUT2D eigenvalue weighted by molar-refractivity contribution is -0.274. The highest BCUT2D eigenvalue weighted by Crippen LogP contribution is 2.35. The summed E-state index contributed by atoms with van der Waals surface area (Å²) in [4.78, 5) is 13.8. The summed E-state index contributed by atoms with van der Waals surface area (Å²) < 4.78 is 60.6. The maximum Gasteiger partial charge on any atom is 0.573 e. The van der Waals surface area contributed by atoms with Crippen LogP contribution in [0.2, 0.25) is 0 Å². The quantitative estimate of drug-likeness (QED) is 0.578. The highest BCUT2D eigenvalue weighted by molar-refractivity contribution is 7.80. The molecule has 1 aliphatic rings. The van der Waals surface area contributed by atoms with E-state index in [-0.39, 0.29) is 43.0 Å². The van der Waals surface area contributed by atoms with Gasteiger partial charge in [-0.15, -0.1) is 13.2 Å². The van der Waals surface area contributed by atoms with Crippen LogP contribution in [0.3, 0.4) is 0 Å². The summed E-state index contributed by atoms with van der Waals surface area (Å²) in [5.41, 5.74) is -0.144. The van der Waals surface area contributed by atoms with Crippen LogP contribution in [0.1, 0.15) is 18.4 Å². The molecule has 1 aromatic carbocycles. The smallest absolute Gasteiger partial charge is 0.405 e. The van der Waals surface area contributed by atoms with E-state index in [1.165, 1.54) is 12.0 Å². The van der Waals surface area contributed by atoms with E-state index in [0.29, 0.717) is 4.99 Å². The second-order valence-corrected chi connectivity index (χ2v) is 5.69. The van der Waals surface area contributed by atoms with Crippen LogP contribution in [-0.4, -0.2) is 42.3 Å². The molecule has 136 valence electrons. The number of halogens is 4. The molecule has 0 radical (unpaired) electrons. The zero-order chi connectivity index (χ0) is 18.6. The number of alkyl halides is 3. The average Bonchev–Trinajstić information content (AvgIpc) is 2.65. The normalized spacial score (nSPS) is 15.9. The van der Waals surface area contributed by atoms with Crippen molar-refractivity contribution < 1.29 is 31.8 Å². The van der Waals surface area contributed by atoms with E-state index in [9.17, 15) is 22.4 Å². The second kappa shape index (κ2) is 7.92. The average molecular weight is 377 g/mol. The Morgan fingerprint density at radius 2 is 2.00 bits per heavy atom. The highest BCUT2D eigenvalue weighted by Gasteiger charge is 2.33. The van der Waals surface area contributed by atoms with Gasteiger partial charge in [-0.05, 0) is 18.2 Å². The Hall–Kier alpha value is -2.00. The monoisotopic (exact) mass is 377 g/mol. The summed E-state index contributed by atoms with van der Waals surface area (Å²) in [7, 11) is 1.45. The van der Waals surface area contributed by atoms with E-state index in [4.69, 9.17) is 17.0 Å². The number of carbonyl (C=O) groups is 1. The van der Waals surface area contributed by atoms with Crippen LogP contribution in [0.25, 0.3) is 5.70 Å². The number of benzene rings is 1. The molecule has 25 heavy (non-hydrogen) atoms. The van der Waals surface area contributed by atoms with Gasteiger partial charge in [0.25, 0.3) is 0 Å². The van der Waals surface area contributed by atoms with Crippen LogP contribution in [0, 0.1) is 5.82 Å². The molecular formula is C16H15F4NO3S.